The fraction of sp³-hybridized carbons (Fsp3) is 0.203. The maximum Gasteiger partial charge on any atom is 0.326 e. The van der Waals surface area contributed by atoms with Crippen LogP contribution in [0.15, 0.2) is 197 Å². The summed E-state index contributed by atoms with van der Waals surface area (Å²) in [4.78, 5) is 61.6. The van der Waals surface area contributed by atoms with Gasteiger partial charge in [0.05, 0.1) is 21.2 Å². The lowest BCUT2D eigenvalue weighted by Gasteiger charge is -2.22. The second-order valence-corrected chi connectivity index (χ2v) is 24.8. The average molecular weight is 1240 g/mol. The van der Waals surface area contributed by atoms with Gasteiger partial charge in [-0.15, -0.1) is 0 Å². The van der Waals surface area contributed by atoms with Gasteiger partial charge in [0.15, 0.2) is 0 Å². The first-order chi connectivity index (χ1) is 41.3. The number of carboxylic acids is 2. The number of sulfonamides is 2. The minimum Gasteiger partial charge on any atom is -0.480 e. The van der Waals surface area contributed by atoms with Crippen LogP contribution in [0.3, 0.4) is 0 Å². The molecule has 9 N–H and O–H groups in total. The van der Waals surface area contributed by atoms with Gasteiger partial charge in [0.1, 0.15) is 30.8 Å². The first-order valence-electron chi connectivity index (χ1n) is 26.8. The lowest BCUT2D eigenvalue weighted by atomic mass is 10.0. The number of hydrogen-bond donors (Lipinski definition) is 8. The zero-order chi connectivity index (χ0) is 63.2. The van der Waals surface area contributed by atoms with Crippen LogP contribution in [0.25, 0.3) is 0 Å². The minimum atomic E-state index is -4.11. The highest BCUT2D eigenvalue weighted by Crippen LogP contribution is 2.18. The van der Waals surface area contributed by atoms with Crippen LogP contribution in [0.4, 0.5) is 4.79 Å². The molecule has 0 heterocycles. The molecule has 0 aliphatic heterocycles. The Morgan fingerprint density at radius 2 is 0.782 bits per heavy atom. The van der Waals surface area contributed by atoms with E-state index in [1.54, 1.807) is 146 Å². The number of carboxylic acid groups (broad SMARTS) is 2. The Morgan fingerprint density at radius 3 is 1.14 bits per heavy atom. The topological polar surface area (TPSA) is 324 Å². The standard InChI is InChI=1S/C35H34N2O8S2.C29H30N4O6S/c1-25-10-18-30(19-11-25)46(41,42)37-32(23-28-7-4-3-5-8-28)34(38)36-33(35(39)40)24-29-16-14-27(15-17-29)9-6-22-45-47(43,44)31-20-12-26(2)13-21-31;1-20-9-15-24(16-10-20)40(38,39)33-25(18-22-6-3-2-4-7-22)27(34)32-26(28(35)36)19-23-13-11-21(12-14-23)8-5-17-31-29(30)37/h3-5,7-8,10-21,32-33,37H,22-24H2,1-2H3,(H,36,38)(H,39,40);2-4,6-7,9-16,25-26,33H,17-19H2,1H3,(H,32,34)(H,35,36)(H3,30,31,37)/t32-,33-;25-,26-/m00/s1. The van der Waals surface area contributed by atoms with Crippen LogP contribution in [0, 0.1) is 44.5 Å². The number of hydrogen-bond acceptors (Lipinski definition) is 12. The van der Waals surface area contributed by atoms with Gasteiger partial charge in [-0.05, 0) is 117 Å². The molecule has 0 bridgehead atoms. The van der Waals surface area contributed by atoms with Crippen LogP contribution in [-0.4, -0.2) is 103 Å². The van der Waals surface area contributed by atoms with E-state index in [0.29, 0.717) is 33.4 Å². The molecule has 0 saturated heterocycles. The third-order valence-electron chi connectivity index (χ3n) is 12.9. The summed E-state index contributed by atoms with van der Waals surface area (Å²) in [7, 11) is -12.1. The van der Waals surface area contributed by atoms with Crippen LogP contribution < -0.4 is 31.1 Å². The van der Waals surface area contributed by atoms with E-state index in [1.165, 1.54) is 36.4 Å². The summed E-state index contributed by atoms with van der Waals surface area (Å²) in [5.74, 6) is 6.90. The molecule has 20 nitrogen and oxygen atoms in total. The minimum absolute atomic E-state index is 0.00644. The zero-order valence-corrected chi connectivity index (χ0v) is 49.9. The molecular weight excluding hydrogens is 1170 g/mol. The van der Waals surface area contributed by atoms with E-state index in [1.807, 2.05) is 20.8 Å². The van der Waals surface area contributed by atoms with E-state index in [0.717, 1.165) is 16.7 Å². The summed E-state index contributed by atoms with van der Waals surface area (Å²) in [6, 6.07) is 43.5. The molecule has 7 aromatic carbocycles. The number of primary amides is 1. The number of carbonyl (C=O) groups excluding carboxylic acids is 3. The number of carbonyl (C=O) groups is 5. The van der Waals surface area contributed by atoms with Crippen LogP contribution >= 0.6 is 0 Å². The maximum atomic E-state index is 13.4. The highest BCUT2D eigenvalue weighted by atomic mass is 32.2. The number of amides is 4. The maximum absolute atomic E-state index is 13.4. The number of urea groups is 1. The van der Waals surface area contributed by atoms with Crippen molar-refractivity contribution in [3.63, 3.8) is 0 Å². The third-order valence-corrected chi connectivity index (χ3v) is 17.1. The Labute approximate surface area is 506 Å². The molecule has 0 fully saturated rings. The van der Waals surface area contributed by atoms with E-state index >= 15 is 0 Å². The van der Waals surface area contributed by atoms with Gasteiger partial charge in [0.2, 0.25) is 31.9 Å². The lowest BCUT2D eigenvalue weighted by molar-refractivity contribution is -0.142. The Balaban J connectivity index is 0.000000282. The van der Waals surface area contributed by atoms with Gasteiger partial charge in [-0.25, -0.2) is 31.2 Å². The first kappa shape index (κ1) is 66.7. The number of aliphatic carboxylic acids is 2. The number of nitrogens with two attached hydrogens (primary N) is 1. The van der Waals surface area contributed by atoms with E-state index in [9.17, 15) is 59.4 Å². The van der Waals surface area contributed by atoms with Crippen molar-refractivity contribution in [1.29, 1.82) is 0 Å². The molecule has 7 aromatic rings. The van der Waals surface area contributed by atoms with Crippen LogP contribution in [0.1, 0.15) is 50.1 Å². The predicted molar refractivity (Wildman–Crippen MR) is 326 cm³/mol. The van der Waals surface area contributed by atoms with Gasteiger partial charge in [-0.2, -0.15) is 17.9 Å². The molecule has 7 rings (SSSR count). The summed E-state index contributed by atoms with van der Waals surface area (Å²) in [6.07, 6.45) is -0.119. The molecule has 0 aliphatic carbocycles. The average Bonchev–Trinajstić information content (AvgIpc) is 3.42. The molecule has 0 saturated carbocycles. The quantitative estimate of drug-likeness (QED) is 0.0275. The van der Waals surface area contributed by atoms with Crippen molar-refractivity contribution in [2.24, 2.45) is 5.73 Å². The second-order valence-electron chi connectivity index (χ2n) is 19.8. The molecule has 0 radical (unpaired) electrons. The molecular formula is C64H64N6O14S3. The van der Waals surface area contributed by atoms with Gasteiger partial charge in [-0.3, -0.25) is 13.8 Å². The van der Waals surface area contributed by atoms with Crippen molar-refractivity contribution in [1.82, 2.24) is 25.4 Å². The van der Waals surface area contributed by atoms with Gasteiger partial charge < -0.3 is 31.9 Å². The van der Waals surface area contributed by atoms with Gasteiger partial charge in [-0.1, -0.05) is 162 Å². The number of aryl methyl sites for hydroxylation is 3. The van der Waals surface area contributed by atoms with Crippen LogP contribution in [0.5, 0.6) is 0 Å². The van der Waals surface area contributed by atoms with Gasteiger partial charge in [0, 0.05) is 24.0 Å². The Hall–Kier alpha value is -9.46. The Morgan fingerprint density at radius 1 is 0.448 bits per heavy atom. The summed E-state index contributed by atoms with van der Waals surface area (Å²) in [6.45, 7) is 5.22. The van der Waals surface area contributed by atoms with E-state index in [4.69, 9.17) is 9.92 Å². The van der Waals surface area contributed by atoms with E-state index in [-0.39, 0.29) is 53.5 Å². The zero-order valence-electron chi connectivity index (χ0n) is 47.5. The van der Waals surface area contributed by atoms with Gasteiger partial charge >= 0.3 is 18.0 Å². The van der Waals surface area contributed by atoms with Crippen molar-refractivity contribution in [3.05, 3.63) is 232 Å². The molecule has 0 aromatic heterocycles. The van der Waals surface area contributed by atoms with Crippen LogP contribution in [0.2, 0.25) is 0 Å². The first-order valence-corrected chi connectivity index (χ1v) is 31.2. The number of benzene rings is 7. The molecule has 0 aliphatic rings. The largest absolute Gasteiger partial charge is 0.480 e. The second kappa shape index (κ2) is 31.6. The SMILES string of the molecule is Cc1ccc(S(=O)(=O)N[C@@H](Cc2ccccc2)C(=O)N[C@@H](Cc2ccc(C#CCNC(N)=O)cc2)C(=O)O)cc1.Cc1ccc(S(=O)(=O)N[C@@H](Cc2ccccc2)C(=O)N[C@@H](Cc2ccc(C#CCOS(=O)(=O)c3ccc(C)cc3)cc2)C(=O)O)cc1. The molecule has 4 amide bonds. The Kier molecular flexibility index (Phi) is 24.2. The fourth-order valence-corrected chi connectivity index (χ4v) is 11.4. The third kappa shape index (κ3) is 21.8. The molecule has 4 atom stereocenters. The number of rotatable bonds is 24. The highest BCUT2D eigenvalue weighted by Gasteiger charge is 2.32. The monoisotopic (exact) mass is 1240 g/mol. The summed E-state index contributed by atoms with van der Waals surface area (Å²) >= 11 is 0. The van der Waals surface area contributed by atoms with Crippen LogP contribution in [-0.2, 0) is 79.2 Å². The Bertz CT molecular complexity index is 3990. The van der Waals surface area contributed by atoms with E-state index in [2.05, 4.69) is 49.1 Å². The summed E-state index contributed by atoms with van der Waals surface area (Å²) < 4.78 is 86.9. The highest BCUT2D eigenvalue weighted by molar-refractivity contribution is 7.90. The molecule has 23 heteroatoms. The van der Waals surface area contributed by atoms with Crippen molar-refractivity contribution >= 4 is 59.9 Å². The van der Waals surface area contributed by atoms with Crippen molar-refractivity contribution in [2.45, 2.75) is 85.3 Å². The van der Waals surface area contributed by atoms with Crippen molar-refractivity contribution < 1.29 is 63.6 Å². The molecule has 452 valence electrons. The fourth-order valence-electron chi connectivity index (χ4n) is 8.18. The molecule has 0 unspecified atom stereocenters. The van der Waals surface area contributed by atoms with Crippen molar-refractivity contribution in [3.8, 4) is 23.7 Å². The summed E-state index contributed by atoms with van der Waals surface area (Å²) in [5, 5.41) is 27.1. The molecule has 87 heavy (non-hydrogen) atoms. The lowest BCUT2D eigenvalue weighted by Crippen LogP contribution is -2.53. The van der Waals surface area contributed by atoms with Crippen molar-refractivity contribution in [2.75, 3.05) is 13.2 Å². The molecule has 0 spiro atoms. The summed E-state index contributed by atoms with van der Waals surface area (Å²) in [5.41, 5.74) is 11.4. The smallest absolute Gasteiger partial charge is 0.326 e. The number of nitrogens with one attached hydrogen (secondary N) is 5. The van der Waals surface area contributed by atoms with Gasteiger partial charge in [0.25, 0.3) is 10.1 Å². The predicted octanol–water partition coefficient (Wildman–Crippen LogP) is 5.48. The van der Waals surface area contributed by atoms with E-state index < -0.39 is 84.1 Å². The normalized spacial score (nSPS) is 12.5.